The molecule has 0 bridgehead atoms. The van der Waals surface area contributed by atoms with Crippen molar-refractivity contribution in [3.05, 3.63) is 15.9 Å². The molecule has 2 atom stereocenters. The van der Waals surface area contributed by atoms with E-state index >= 15 is 0 Å². The van der Waals surface area contributed by atoms with E-state index in [-0.39, 0.29) is 18.4 Å². The fourth-order valence-corrected chi connectivity index (χ4v) is 7.51. The number of hydrogen-bond donors (Lipinski definition) is 1. The summed E-state index contributed by atoms with van der Waals surface area (Å²) < 4.78 is 28.2. The van der Waals surface area contributed by atoms with E-state index in [0.717, 1.165) is 29.7 Å². The standard InChI is InChI=1S/C18H28BrN3O3S2/c1-13(2)21-9-7-14(11-21)10-20-18(23)15-4-3-8-22(12-15)27(24,25)17-6-5-16(19)26-17/h5-6,13-15H,3-4,7-12H2,1-2H3,(H,20,23). The zero-order valence-electron chi connectivity index (χ0n) is 15.9. The smallest absolute Gasteiger partial charge is 0.252 e. The van der Waals surface area contributed by atoms with Crippen molar-refractivity contribution in [3.63, 3.8) is 0 Å². The first kappa shape index (κ1) is 21.2. The van der Waals surface area contributed by atoms with Gasteiger partial charge in [-0.3, -0.25) is 4.79 Å². The third-order valence-electron chi connectivity index (χ3n) is 5.51. The van der Waals surface area contributed by atoms with Crippen molar-refractivity contribution in [2.75, 3.05) is 32.7 Å². The third kappa shape index (κ3) is 5.12. The van der Waals surface area contributed by atoms with Gasteiger partial charge in [0.05, 0.1) is 9.70 Å². The highest BCUT2D eigenvalue weighted by Crippen LogP contribution is 2.31. The first-order valence-corrected chi connectivity index (χ1v) is 12.6. The van der Waals surface area contributed by atoms with Crippen molar-refractivity contribution in [3.8, 4) is 0 Å². The van der Waals surface area contributed by atoms with Gasteiger partial charge in [-0.25, -0.2) is 8.42 Å². The molecule has 2 aliphatic rings. The van der Waals surface area contributed by atoms with Crippen molar-refractivity contribution in [2.45, 2.75) is 43.4 Å². The number of rotatable bonds is 6. The van der Waals surface area contributed by atoms with E-state index in [0.29, 0.717) is 35.7 Å². The molecular formula is C18H28BrN3O3S2. The summed E-state index contributed by atoms with van der Waals surface area (Å²) in [4.78, 5) is 15.1. The summed E-state index contributed by atoms with van der Waals surface area (Å²) in [6.45, 7) is 7.94. The molecule has 1 amide bonds. The maximum atomic E-state index is 12.8. The molecular weight excluding hydrogens is 450 g/mol. The molecule has 0 radical (unpaired) electrons. The Morgan fingerprint density at radius 2 is 2.07 bits per heavy atom. The van der Waals surface area contributed by atoms with Crippen LogP contribution in [0.1, 0.15) is 33.1 Å². The normalized spacial score (nSPS) is 25.2. The minimum absolute atomic E-state index is 0.00902. The predicted molar refractivity (Wildman–Crippen MR) is 111 cm³/mol. The van der Waals surface area contributed by atoms with Crippen molar-refractivity contribution in [1.82, 2.24) is 14.5 Å². The second kappa shape index (κ2) is 8.90. The Morgan fingerprint density at radius 1 is 1.30 bits per heavy atom. The molecule has 9 heteroatoms. The zero-order chi connectivity index (χ0) is 19.6. The van der Waals surface area contributed by atoms with Gasteiger partial charge >= 0.3 is 0 Å². The van der Waals surface area contributed by atoms with Crippen LogP contribution in [0.5, 0.6) is 0 Å². The molecule has 0 aromatic carbocycles. The Morgan fingerprint density at radius 3 is 2.70 bits per heavy atom. The Hall–Kier alpha value is -0.480. The van der Waals surface area contributed by atoms with Crippen LogP contribution in [-0.4, -0.2) is 62.3 Å². The number of halogens is 1. The molecule has 3 rings (SSSR count). The summed E-state index contributed by atoms with van der Waals surface area (Å²) in [6, 6.07) is 3.90. The van der Waals surface area contributed by atoms with Crippen LogP contribution >= 0.6 is 27.3 Å². The molecule has 2 unspecified atom stereocenters. The van der Waals surface area contributed by atoms with Crippen LogP contribution in [0.3, 0.4) is 0 Å². The maximum absolute atomic E-state index is 12.8. The fourth-order valence-electron chi connectivity index (χ4n) is 3.83. The number of piperidine rings is 1. The number of nitrogens with one attached hydrogen (secondary N) is 1. The van der Waals surface area contributed by atoms with Crippen LogP contribution in [0.4, 0.5) is 0 Å². The van der Waals surface area contributed by atoms with E-state index in [4.69, 9.17) is 0 Å². The van der Waals surface area contributed by atoms with E-state index in [1.807, 2.05) is 0 Å². The van der Waals surface area contributed by atoms with Gasteiger partial charge in [-0.2, -0.15) is 4.31 Å². The molecule has 0 spiro atoms. The minimum atomic E-state index is -3.52. The molecule has 2 fully saturated rings. The molecule has 0 saturated carbocycles. The minimum Gasteiger partial charge on any atom is -0.355 e. The van der Waals surface area contributed by atoms with Crippen molar-refractivity contribution in [2.24, 2.45) is 11.8 Å². The summed E-state index contributed by atoms with van der Waals surface area (Å²) in [7, 11) is -3.52. The van der Waals surface area contributed by atoms with Gasteiger partial charge in [0.15, 0.2) is 0 Å². The first-order valence-electron chi connectivity index (χ1n) is 9.54. The lowest BCUT2D eigenvalue weighted by Gasteiger charge is -2.31. The SMILES string of the molecule is CC(C)N1CCC(CNC(=O)C2CCCN(S(=O)(=O)c3ccc(Br)s3)C2)C1. The molecule has 2 saturated heterocycles. The van der Waals surface area contributed by atoms with Crippen LogP contribution in [0.25, 0.3) is 0 Å². The van der Waals surface area contributed by atoms with E-state index in [2.05, 4.69) is 40.0 Å². The van der Waals surface area contributed by atoms with Crippen molar-refractivity contribution in [1.29, 1.82) is 0 Å². The topological polar surface area (TPSA) is 69.7 Å². The maximum Gasteiger partial charge on any atom is 0.252 e. The van der Waals surface area contributed by atoms with Gasteiger partial charge < -0.3 is 10.2 Å². The summed E-state index contributed by atoms with van der Waals surface area (Å²) in [5.41, 5.74) is 0. The molecule has 0 aliphatic carbocycles. The van der Waals surface area contributed by atoms with Crippen molar-refractivity contribution >= 4 is 43.2 Å². The Kier molecular flexibility index (Phi) is 7.00. The van der Waals surface area contributed by atoms with Gasteiger partial charge in [0.2, 0.25) is 5.91 Å². The van der Waals surface area contributed by atoms with Crippen LogP contribution in [0.2, 0.25) is 0 Å². The highest BCUT2D eigenvalue weighted by molar-refractivity contribution is 9.11. The largest absolute Gasteiger partial charge is 0.355 e. The second-order valence-electron chi connectivity index (χ2n) is 7.75. The molecule has 152 valence electrons. The number of carbonyl (C=O) groups is 1. The molecule has 1 aromatic heterocycles. The summed E-state index contributed by atoms with van der Waals surface area (Å²) >= 11 is 4.53. The average molecular weight is 478 g/mol. The molecule has 2 aliphatic heterocycles. The molecule has 1 N–H and O–H groups in total. The number of carbonyl (C=O) groups excluding carboxylic acids is 1. The van der Waals surface area contributed by atoms with Gasteiger partial charge in [-0.05, 0) is 73.6 Å². The van der Waals surface area contributed by atoms with E-state index in [1.165, 1.54) is 15.6 Å². The van der Waals surface area contributed by atoms with E-state index in [9.17, 15) is 13.2 Å². The highest BCUT2D eigenvalue weighted by Gasteiger charge is 2.34. The molecule has 1 aromatic rings. The lowest BCUT2D eigenvalue weighted by Crippen LogP contribution is -2.46. The van der Waals surface area contributed by atoms with Crippen LogP contribution < -0.4 is 5.32 Å². The predicted octanol–water partition coefficient (Wildman–Crippen LogP) is 2.76. The number of hydrogen-bond acceptors (Lipinski definition) is 5. The first-order chi connectivity index (χ1) is 12.8. The Labute approximate surface area is 174 Å². The monoisotopic (exact) mass is 477 g/mol. The van der Waals surface area contributed by atoms with Crippen LogP contribution in [0, 0.1) is 11.8 Å². The zero-order valence-corrected chi connectivity index (χ0v) is 19.1. The molecule has 27 heavy (non-hydrogen) atoms. The number of nitrogens with zero attached hydrogens (tertiary/aromatic N) is 2. The fraction of sp³-hybridized carbons (Fsp3) is 0.722. The number of likely N-dealkylation sites (tertiary alicyclic amines) is 1. The lowest BCUT2D eigenvalue weighted by molar-refractivity contribution is -0.126. The van der Waals surface area contributed by atoms with Crippen LogP contribution in [0.15, 0.2) is 20.1 Å². The Bertz CT molecular complexity index is 766. The summed E-state index contributed by atoms with van der Waals surface area (Å²) in [6.07, 6.45) is 2.57. The second-order valence-corrected chi connectivity index (χ2v) is 12.4. The van der Waals surface area contributed by atoms with Gasteiger partial charge in [0.25, 0.3) is 10.0 Å². The van der Waals surface area contributed by atoms with Crippen LogP contribution in [-0.2, 0) is 14.8 Å². The number of thiophene rings is 1. The van der Waals surface area contributed by atoms with Gasteiger partial charge in [-0.15, -0.1) is 11.3 Å². The lowest BCUT2D eigenvalue weighted by atomic mass is 9.98. The summed E-state index contributed by atoms with van der Waals surface area (Å²) in [5.74, 6) is 0.216. The number of amides is 1. The number of sulfonamides is 1. The van der Waals surface area contributed by atoms with Crippen molar-refractivity contribution < 1.29 is 13.2 Å². The Balaban J connectivity index is 1.54. The van der Waals surface area contributed by atoms with Gasteiger partial charge in [0, 0.05) is 32.2 Å². The molecule has 3 heterocycles. The third-order valence-corrected chi connectivity index (χ3v) is 9.47. The average Bonchev–Trinajstić information content (AvgIpc) is 3.29. The van der Waals surface area contributed by atoms with E-state index in [1.54, 1.807) is 12.1 Å². The van der Waals surface area contributed by atoms with E-state index < -0.39 is 10.0 Å². The molecule has 6 nitrogen and oxygen atoms in total. The quantitative estimate of drug-likeness (QED) is 0.683. The van der Waals surface area contributed by atoms with Gasteiger partial charge in [-0.1, -0.05) is 0 Å². The highest BCUT2D eigenvalue weighted by atomic mass is 79.9. The van der Waals surface area contributed by atoms with Gasteiger partial charge in [0.1, 0.15) is 4.21 Å². The summed E-state index contributed by atoms with van der Waals surface area (Å²) in [5, 5.41) is 3.08.